The van der Waals surface area contributed by atoms with E-state index < -0.39 is 4.92 Å². The number of nitrogens with two attached hydrogens (primary N) is 1. The van der Waals surface area contributed by atoms with Crippen LogP contribution in [0.25, 0.3) is 0 Å². The first kappa shape index (κ1) is 16.5. The lowest BCUT2D eigenvalue weighted by atomic mass is 9.99. The molecule has 3 N–H and O–H groups in total. The first-order chi connectivity index (χ1) is 9.13. The van der Waals surface area contributed by atoms with Crippen molar-refractivity contribution in [3.63, 3.8) is 0 Å². The van der Waals surface area contributed by atoms with E-state index in [4.69, 9.17) is 5.73 Å². The average Bonchev–Trinajstić information content (AvgIpc) is 2.89. The lowest BCUT2D eigenvalue weighted by Gasteiger charge is -2.35. The van der Waals surface area contributed by atoms with Gasteiger partial charge in [0.1, 0.15) is 5.69 Å². The van der Waals surface area contributed by atoms with Crippen LogP contribution in [0.2, 0.25) is 0 Å². The summed E-state index contributed by atoms with van der Waals surface area (Å²) in [5.41, 5.74) is 5.76. The van der Waals surface area contributed by atoms with Crippen molar-refractivity contribution < 1.29 is 9.72 Å². The number of nitrogens with zero attached hydrogens (tertiary/aromatic N) is 2. The molecule has 0 aliphatic carbocycles. The molecule has 1 aromatic rings. The van der Waals surface area contributed by atoms with E-state index in [1.807, 2.05) is 0 Å². The highest BCUT2D eigenvalue weighted by Gasteiger charge is 2.28. The van der Waals surface area contributed by atoms with E-state index in [1.165, 1.54) is 12.3 Å². The maximum atomic E-state index is 12.4. The zero-order valence-corrected chi connectivity index (χ0v) is 11.9. The second-order valence-electron chi connectivity index (χ2n) is 4.75. The summed E-state index contributed by atoms with van der Waals surface area (Å²) in [6, 6.07) is 1.43. The third-order valence-corrected chi connectivity index (χ3v) is 3.50. The van der Waals surface area contributed by atoms with Crippen LogP contribution in [-0.4, -0.2) is 39.8 Å². The van der Waals surface area contributed by atoms with Crippen LogP contribution in [0.1, 0.15) is 36.2 Å². The van der Waals surface area contributed by atoms with Crippen LogP contribution in [0.4, 0.5) is 5.69 Å². The number of carbonyl (C=O) groups is 1. The molecule has 2 heterocycles. The molecular formula is C12H19ClN4O3. The minimum atomic E-state index is -0.513. The Bertz CT molecular complexity index is 475. The predicted octanol–water partition coefficient (Wildman–Crippen LogP) is 1.69. The largest absolute Gasteiger partial charge is 0.351 e. The Hall–Kier alpha value is -1.60. The molecule has 0 saturated carbocycles. The fourth-order valence-electron chi connectivity index (χ4n) is 2.53. The van der Waals surface area contributed by atoms with Crippen LogP contribution in [-0.2, 0) is 0 Å². The summed E-state index contributed by atoms with van der Waals surface area (Å²) in [5.74, 6) is -0.175. The minimum absolute atomic E-state index is 0. The molecule has 1 unspecified atom stereocenters. The number of likely N-dealkylation sites (tertiary alicyclic amines) is 1. The number of nitro groups is 1. The van der Waals surface area contributed by atoms with E-state index in [0.717, 1.165) is 25.7 Å². The topological polar surface area (TPSA) is 105 Å². The highest BCUT2D eigenvalue weighted by molar-refractivity contribution is 5.93. The number of rotatable bonds is 4. The van der Waals surface area contributed by atoms with Gasteiger partial charge in [-0.05, 0) is 32.2 Å². The van der Waals surface area contributed by atoms with Crippen molar-refractivity contribution in [1.29, 1.82) is 0 Å². The number of aromatic nitrogens is 1. The van der Waals surface area contributed by atoms with Gasteiger partial charge in [0.15, 0.2) is 0 Å². The van der Waals surface area contributed by atoms with Gasteiger partial charge in [0.05, 0.1) is 11.1 Å². The van der Waals surface area contributed by atoms with E-state index >= 15 is 0 Å². The van der Waals surface area contributed by atoms with Crippen LogP contribution in [0.5, 0.6) is 0 Å². The minimum Gasteiger partial charge on any atom is -0.351 e. The fraction of sp³-hybridized carbons (Fsp3) is 0.583. The standard InChI is InChI=1S/C12H18N4O3.ClH/c13-5-4-9-3-1-2-6-15(9)12(17)11-7-10(8-14-11)16(18)19;/h7-9,14H,1-6,13H2;1H. The normalized spacial score (nSPS) is 18.4. The van der Waals surface area contributed by atoms with Gasteiger partial charge in [0.25, 0.3) is 11.6 Å². The lowest BCUT2D eigenvalue weighted by molar-refractivity contribution is -0.384. The van der Waals surface area contributed by atoms with Gasteiger partial charge >= 0.3 is 0 Å². The maximum absolute atomic E-state index is 12.4. The van der Waals surface area contributed by atoms with Crippen molar-refractivity contribution in [3.05, 3.63) is 28.1 Å². The van der Waals surface area contributed by atoms with Crippen molar-refractivity contribution in [2.24, 2.45) is 5.73 Å². The Morgan fingerprint density at radius 2 is 2.30 bits per heavy atom. The van der Waals surface area contributed by atoms with E-state index in [1.54, 1.807) is 4.90 Å². The van der Waals surface area contributed by atoms with Crippen LogP contribution in [0.3, 0.4) is 0 Å². The zero-order chi connectivity index (χ0) is 13.8. The van der Waals surface area contributed by atoms with Gasteiger partial charge in [-0.1, -0.05) is 0 Å². The number of hydrogen-bond donors (Lipinski definition) is 2. The van der Waals surface area contributed by atoms with Crippen LogP contribution in [0, 0.1) is 10.1 Å². The molecule has 2 rings (SSSR count). The van der Waals surface area contributed by atoms with Gasteiger partial charge in [-0.25, -0.2) is 0 Å². The molecule has 8 heteroatoms. The van der Waals surface area contributed by atoms with Crippen molar-refractivity contribution in [2.45, 2.75) is 31.7 Å². The Balaban J connectivity index is 0.00000200. The van der Waals surface area contributed by atoms with Crippen molar-refractivity contribution in [1.82, 2.24) is 9.88 Å². The van der Waals surface area contributed by atoms with Crippen LogP contribution < -0.4 is 5.73 Å². The number of aromatic amines is 1. The monoisotopic (exact) mass is 302 g/mol. The average molecular weight is 303 g/mol. The summed E-state index contributed by atoms with van der Waals surface area (Å²) < 4.78 is 0. The number of nitrogens with one attached hydrogen (secondary N) is 1. The van der Waals surface area contributed by atoms with Gasteiger partial charge in [-0.2, -0.15) is 0 Å². The van der Waals surface area contributed by atoms with E-state index in [-0.39, 0.29) is 35.7 Å². The first-order valence-corrected chi connectivity index (χ1v) is 6.47. The molecule has 0 bridgehead atoms. The number of halogens is 1. The third-order valence-electron chi connectivity index (χ3n) is 3.50. The molecule has 0 spiro atoms. The third kappa shape index (κ3) is 3.49. The lowest BCUT2D eigenvalue weighted by Crippen LogP contribution is -2.44. The summed E-state index contributed by atoms with van der Waals surface area (Å²) in [4.78, 5) is 26.9. The molecule has 112 valence electrons. The molecule has 1 aliphatic heterocycles. The molecular weight excluding hydrogens is 284 g/mol. The van der Waals surface area contributed by atoms with Crippen LogP contribution >= 0.6 is 12.4 Å². The first-order valence-electron chi connectivity index (χ1n) is 6.47. The van der Waals surface area contributed by atoms with Crippen molar-refractivity contribution in [2.75, 3.05) is 13.1 Å². The van der Waals surface area contributed by atoms with Gasteiger partial charge in [-0.15, -0.1) is 12.4 Å². The van der Waals surface area contributed by atoms with Gasteiger partial charge in [0.2, 0.25) is 0 Å². The molecule has 7 nitrogen and oxygen atoms in total. The van der Waals surface area contributed by atoms with Crippen LogP contribution in [0.15, 0.2) is 12.3 Å². The van der Waals surface area contributed by atoms with Crippen molar-refractivity contribution >= 4 is 24.0 Å². The second kappa shape index (κ2) is 7.25. The smallest absolute Gasteiger partial charge is 0.287 e. The SMILES string of the molecule is Cl.NCCC1CCCCN1C(=O)c1cc([N+](=O)[O-])c[nH]1. The Kier molecular flexibility index (Phi) is 5.97. The summed E-state index contributed by atoms with van der Waals surface area (Å²) in [7, 11) is 0. The second-order valence-corrected chi connectivity index (χ2v) is 4.75. The summed E-state index contributed by atoms with van der Waals surface area (Å²) >= 11 is 0. The van der Waals surface area contributed by atoms with Gasteiger partial charge in [-0.3, -0.25) is 14.9 Å². The molecule has 20 heavy (non-hydrogen) atoms. The molecule has 0 aromatic carbocycles. The van der Waals surface area contributed by atoms with Crippen molar-refractivity contribution in [3.8, 4) is 0 Å². The molecule has 0 radical (unpaired) electrons. The molecule has 1 amide bonds. The highest BCUT2D eigenvalue weighted by atomic mass is 35.5. The molecule has 1 atom stereocenters. The van der Waals surface area contributed by atoms with Gasteiger partial charge < -0.3 is 15.6 Å². The predicted molar refractivity (Wildman–Crippen MR) is 77.0 cm³/mol. The molecule has 1 saturated heterocycles. The van der Waals surface area contributed by atoms with Gasteiger partial charge in [0, 0.05) is 18.7 Å². The summed E-state index contributed by atoms with van der Waals surface area (Å²) in [5, 5.41) is 10.6. The number of amides is 1. The molecule has 1 aromatic heterocycles. The number of carbonyl (C=O) groups excluding carboxylic acids is 1. The Morgan fingerprint density at radius 1 is 1.55 bits per heavy atom. The Morgan fingerprint density at radius 3 is 2.90 bits per heavy atom. The summed E-state index contributed by atoms with van der Waals surface area (Å²) in [6.45, 7) is 1.23. The maximum Gasteiger partial charge on any atom is 0.287 e. The highest BCUT2D eigenvalue weighted by Crippen LogP contribution is 2.22. The Labute approximate surface area is 123 Å². The summed E-state index contributed by atoms with van der Waals surface area (Å²) in [6.07, 6.45) is 5.03. The number of H-pyrrole nitrogens is 1. The fourth-order valence-corrected chi connectivity index (χ4v) is 2.53. The molecule has 1 fully saturated rings. The van der Waals surface area contributed by atoms with E-state index in [0.29, 0.717) is 13.1 Å². The van der Waals surface area contributed by atoms with E-state index in [2.05, 4.69) is 4.98 Å². The number of hydrogen-bond acceptors (Lipinski definition) is 4. The number of piperidine rings is 1. The zero-order valence-electron chi connectivity index (χ0n) is 11.1. The quantitative estimate of drug-likeness (QED) is 0.652. The molecule has 1 aliphatic rings. The van der Waals surface area contributed by atoms with E-state index in [9.17, 15) is 14.9 Å².